The number of carboxylic acids is 1. The SMILES string of the molecule is CC[C@@H](CC(=O)O)c1ccc2c(c1)CCN2C(=O)Cc1ccc(NC(=O)Nc2ccccc2C)c(OC)c1. The van der Waals surface area contributed by atoms with Crippen molar-refractivity contribution < 1.29 is 24.2 Å². The smallest absolute Gasteiger partial charge is 0.323 e. The summed E-state index contributed by atoms with van der Waals surface area (Å²) in [4.78, 5) is 38.7. The van der Waals surface area contributed by atoms with Gasteiger partial charge in [-0.3, -0.25) is 9.59 Å². The molecule has 38 heavy (non-hydrogen) atoms. The number of aliphatic carboxylic acids is 1. The Labute approximate surface area is 222 Å². The molecule has 0 spiro atoms. The zero-order valence-electron chi connectivity index (χ0n) is 21.9. The van der Waals surface area contributed by atoms with Gasteiger partial charge >= 0.3 is 12.0 Å². The lowest BCUT2D eigenvalue weighted by atomic mass is 9.91. The van der Waals surface area contributed by atoms with E-state index in [1.165, 1.54) is 7.11 Å². The first-order chi connectivity index (χ1) is 18.3. The van der Waals surface area contributed by atoms with E-state index in [0.29, 0.717) is 18.0 Å². The van der Waals surface area contributed by atoms with Gasteiger partial charge in [0.1, 0.15) is 5.75 Å². The van der Waals surface area contributed by atoms with Crippen LogP contribution in [0.15, 0.2) is 60.7 Å². The zero-order valence-corrected chi connectivity index (χ0v) is 21.9. The monoisotopic (exact) mass is 515 g/mol. The molecule has 3 aromatic rings. The van der Waals surface area contributed by atoms with Crippen molar-refractivity contribution in [3.05, 3.63) is 82.9 Å². The highest BCUT2D eigenvalue weighted by Gasteiger charge is 2.26. The first kappa shape index (κ1) is 26.7. The van der Waals surface area contributed by atoms with E-state index in [-0.39, 0.29) is 30.7 Å². The standard InChI is InChI=1S/C30H33N3O5/c1-4-21(18-29(35)36)22-10-12-26-23(17-22)13-14-33(26)28(34)16-20-9-11-25(27(15-20)38-3)32-30(37)31-24-8-6-5-7-19(24)2/h5-12,15,17,21H,4,13-14,16,18H2,1-3H3,(H,35,36)(H2,31,32,37)/t21-/m0/s1. The number of methoxy groups -OCH3 is 1. The van der Waals surface area contributed by atoms with Crippen LogP contribution in [0.2, 0.25) is 0 Å². The molecule has 0 aromatic heterocycles. The number of anilines is 3. The Bertz CT molecular complexity index is 1350. The normalized spacial score (nSPS) is 13.0. The summed E-state index contributed by atoms with van der Waals surface area (Å²) in [5, 5.41) is 14.8. The first-order valence-electron chi connectivity index (χ1n) is 12.7. The molecular weight excluding hydrogens is 482 g/mol. The van der Waals surface area contributed by atoms with Crippen molar-refractivity contribution in [2.75, 3.05) is 29.2 Å². The van der Waals surface area contributed by atoms with E-state index in [2.05, 4.69) is 10.6 Å². The van der Waals surface area contributed by atoms with E-state index >= 15 is 0 Å². The summed E-state index contributed by atoms with van der Waals surface area (Å²) in [6.45, 7) is 4.49. The van der Waals surface area contributed by atoms with Gasteiger partial charge in [0.2, 0.25) is 5.91 Å². The summed E-state index contributed by atoms with van der Waals surface area (Å²) in [5.41, 5.74) is 5.89. The van der Waals surface area contributed by atoms with Crippen molar-refractivity contribution in [3.63, 3.8) is 0 Å². The highest BCUT2D eigenvalue weighted by molar-refractivity contribution is 6.01. The van der Waals surface area contributed by atoms with Gasteiger partial charge in [0.15, 0.2) is 0 Å². The van der Waals surface area contributed by atoms with Crippen molar-refractivity contribution in [1.29, 1.82) is 0 Å². The summed E-state index contributed by atoms with van der Waals surface area (Å²) in [7, 11) is 1.52. The van der Waals surface area contributed by atoms with Gasteiger partial charge in [-0.25, -0.2) is 4.79 Å². The molecule has 0 fully saturated rings. The molecular formula is C30H33N3O5. The Morgan fingerprint density at radius 1 is 1.03 bits per heavy atom. The van der Waals surface area contributed by atoms with Crippen molar-refractivity contribution >= 4 is 35.0 Å². The molecule has 3 aromatic carbocycles. The number of ether oxygens (including phenoxy) is 1. The van der Waals surface area contributed by atoms with Crippen LogP contribution in [0, 0.1) is 6.92 Å². The van der Waals surface area contributed by atoms with Crippen LogP contribution in [0.1, 0.15) is 47.9 Å². The van der Waals surface area contributed by atoms with Crippen molar-refractivity contribution in [2.45, 2.75) is 45.4 Å². The Balaban J connectivity index is 1.43. The Morgan fingerprint density at radius 3 is 2.50 bits per heavy atom. The number of para-hydroxylation sites is 1. The number of rotatable bonds is 9. The number of hydrogen-bond acceptors (Lipinski definition) is 4. The summed E-state index contributed by atoms with van der Waals surface area (Å²) in [5.74, 6) is -0.418. The fraction of sp³-hybridized carbons (Fsp3) is 0.300. The maximum atomic E-state index is 13.2. The van der Waals surface area contributed by atoms with Gasteiger partial charge in [-0.15, -0.1) is 0 Å². The van der Waals surface area contributed by atoms with Crippen LogP contribution in [-0.2, 0) is 22.4 Å². The van der Waals surface area contributed by atoms with Crippen molar-refractivity contribution in [1.82, 2.24) is 0 Å². The lowest BCUT2D eigenvalue weighted by Gasteiger charge is -2.19. The molecule has 1 heterocycles. The molecule has 1 aliphatic heterocycles. The number of urea groups is 1. The molecule has 0 aliphatic carbocycles. The number of nitrogens with one attached hydrogen (secondary N) is 2. The van der Waals surface area contributed by atoms with Crippen LogP contribution in [0.25, 0.3) is 0 Å². The number of carboxylic acid groups (broad SMARTS) is 1. The molecule has 0 unspecified atom stereocenters. The van der Waals surface area contributed by atoms with E-state index in [1.54, 1.807) is 17.0 Å². The second-order valence-corrected chi connectivity index (χ2v) is 9.49. The number of carbonyl (C=O) groups excluding carboxylic acids is 2. The van der Waals surface area contributed by atoms with Crippen LogP contribution in [0.5, 0.6) is 5.75 Å². The molecule has 0 radical (unpaired) electrons. The van der Waals surface area contributed by atoms with Crippen LogP contribution in [0.4, 0.5) is 21.9 Å². The lowest BCUT2D eigenvalue weighted by molar-refractivity contribution is -0.137. The summed E-state index contributed by atoms with van der Waals surface area (Å²) >= 11 is 0. The van der Waals surface area contributed by atoms with Crippen LogP contribution >= 0.6 is 0 Å². The van der Waals surface area contributed by atoms with Crippen LogP contribution in [0.3, 0.4) is 0 Å². The van der Waals surface area contributed by atoms with Gasteiger partial charge in [-0.05, 0) is 72.2 Å². The Hall–Kier alpha value is -4.33. The summed E-state index contributed by atoms with van der Waals surface area (Å²) in [6, 6.07) is 18.3. The number of carbonyl (C=O) groups is 3. The number of fused-ring (bicyclic) bond motifs is 1. The lowest BCUT2D eigenvalue weighted by Crippen LogP contribution is -2.30. The van der Waals surface area contributed by atoms with Gasteiger partial charge in [-0.2, -0.15) is 0 Å². The Morgan fingerprint density at radius 2 is 1.79 bits per heavy atom. The molecule has 3 amide bonds. The molecule has 1 atom stereocenters. The van der Waals surface area contributed by atoms with Gasteiger partial charge in [-0.1, -0.05) is 43.3 Å². The van der Waals surface area contributed by atoms with Gasteiger partial charge < -0.3 is 25.4 Å². The van der Waals surface area contributed by atoms with Crippen LogP contribution in [-0.4, -0.2) is 36.7 Å². The number of aryl methyl sites for hydroxylation is 1. The molecule has 0 bridgehead atoms. The Kier molecular flexibility index (Phi) is 8.31. The van der Waals surface area contributed by atoms with Gasteiger partial charge in [0.25, 0.3) is 0 Å². The highest BCUT2D eigenvalue weighted by atomic mass is 16.5. The number of amides is 3. The topological polar surface area (TPSA) is 108 Å². The summed E-state index contributed by atoms with van der Waals surface area (Å²) in [6.07, 6.45) is 1.76. The number of benzene rings is 3. The van der Waals surface area contributed by atoms with E-state index in [4.69, 9.17) is 4.74 Å². The maximum absolute atomic E-state index is 13.2. The van der Waals surface area contributed by atoms with E-state index in [1.807, 2.05) is 62.4 Å². The third-order valence-corrected chi connectivity index (χ3v) is 6.95. The average Bonchev–Trinajstić information content (AvgIpc) is 3.33. The second-order valence-electron chi connectivity index (χ2n) is 9.49. The largest absolute Gasteiger partial charge is 0.495 e. The van der Waals surface area contributed by atoms with E-state index < -0.39 is 5.97 Å². The zero-order chi connectivity index (χ0) is 27.2. The van der Waals surface area contributed by atoms with Crippen LogP contribution < -0.4 is 20.3 Å². The fourth-order valence-electron chi connectivity index (χ4n) is 4.85. The number of nitrogens with zero attached hydrogens (tertiary/aromatic N) is 1. The molecule has 3 N–H and O–H groups in total. The van der Waals surface area contributed by atoms with Gasteiger partial charge in [0, 0.05) is 17.9 Å². The van der Waals surface area contributed by atoms with Gasteiger partial charge in [0.05, 0.1) is 25.6 Å². The molecule has 4 rings (SSSR count). The van der Waals surface area contributed by atoms with Crippen molar-refractivity contribution in [3.8, 4) is 5.75 Å². The molecule has 0 saturated heterocycles. The fourth-order valence-corrected chi connectivity index (χ4v) is 4.85. The molecule has 1 aliphatic rings. The van der Waals surface area contributed by atoms with E-state index in [9.17, 15) is 19.5 Å². The van der Waals surface area contributed by atoms with E-state index in [0.717, 1.165) is 46.5 Å². The molecule has 8 nitrogen and oxygen atoms in total. The quantitative estimate of drug-likeness (QED) is 0.336. The predicted molar refractivity (Wildman–Crippen MR) is 148 cm³/mol. The minimum absolute atomic E-state index is 0.0332. The molecule has 8 heteroatoms. The maximum Gasteiger partial charge on any atom is 0.323 e. The molecule has 0 saturated carbocycles. The minimum Gasteiger partial charge on any atom is -0.495 e. The first-order valence-corrected chi connectivity index (χ1v) is 12.7. The molecule has 198 valence electrons. The van der Waals surface area contributed by atoms with Crippen molar-refractivity contribution in [2.24, 2.45) is 0 Å². The summed E-state index contributed by atoms with van der Waals surface area (Å²) < 4.78 is 5.49. The minimum atomic E-state index is -0.808. The third-order valence-electron chi connectivity index (χ3n) is 6.95. The highest BCUT2D eigenvalue weighted by Crippen LogP contribution is 2.34. The predicted octanol–water partition coefficient (Wildman–Crippen LogP) is 5.75. The number of hydrogen-bond donors (Lipinski definition) is 3. The average molecular weight is 516 g/mol. The second kappa shape index (κ2) is 11.8. The third kappa shape index (κ3) is 6.14.